The van der Waals surface area contributed by atoms with Gasteiger partial charge < -0.3 is 0 Å². The molecule has 1 atom stereocenters. The van der Waals surface area contributed by atoms with Crippen molar-refractivity contribution in [1.29, 1.82) is 0 Å². The molecule has 1 fully saturated rings. The summed E-state index contributed by atoms with van der Waals surface area (Å²) in [6.45, 7) is 2.36. The SMILES string of the molecule is CC1CCCC/C1=C\c1ccccc1. The zero-order valence-corrected chi connectivity index (χ0v) is 8.87. The maximum absolute atomic E-state index is 2.38. The standard InChI is InChI=1S/C14H18/c1-12-7-5-6-10-14(12)11-13-8-3-2-4-9-13/h2-4,8-9,11-12H,5-7,10H2,1H3/b14-11+. The first kappa shape index (κ1) is 9.51. The molecule has 0 radical (unpaired) electrons. The van der Waals surface area contributed by atoms with Crippen LogP contribution < -0.4 is 0 Å². The van der Waals surface area contributed by atoms with Crippen molar-refractivity contribution in [3.05, 3.63) is 41.5 Å². The summed E-state index contributed by atoms with van der Waals surface area (Å²) in [4.78, 5) is 0. The van der Waals surface area contributed by atoms with Gasteiger partial charge in [0.2, 0.25) is 0 Å². The van der Waals surface area contributed by atoms with Crippen LogP contribution in [0, 0.1) is 5.92 Å². The average molecular weight is 186 g/mol. The van der Waals surface area contributed by atoms with E-state index in [1.165, 1.54) is 31.2 Å². The van der Waals surface area contributed by atoms with Gasteiger partial charge in [0.25, 0.3) is 0 Å². The van der Waals surface area contributed by atoms with E-state index < -0.39 is 0 Å². The van der Waals surface area contributed by atoms with Gasteiger partial charge in [-0.05, 0) is 30.7 Å². The smallest absolute Gasteiger partial charge is 0.0228 e. The molecule has 0 amide bonds. The summed E-state index contributed by atoms with van der Waals surface area (Å²) < 4.78 is 0. The summed E-state index contributed by atoms with van der Waals surface area (Å²) in [5.74, 6) is 0.795. The van der Waals surface area contributed by atoms with Crippen molar-refractivity contribution in [2.24, 2.45) is 5.92 Å². The van der Waals surface area contributed by atoms with E-state index in [0.29, 0.717) is 0 Å². The maximum Gasteiger partial charge on any atom is -0.0228 e. The first-order valence-corrected chi connectivity index (χ1v) is 5.62. The van der Waals surface area contributed by atoms with Crippen LogP contribution in [0.5, 0.6) is 0 Å². The molecule has 1 aromatic carbocycles. The Morgan fingerprint density at radius 3 is 2.64 bits per heavy atom. The van der Waals surface area contributed by atoms with Crippen LogP contribution in [0.4, 0.5) is 0 Å². The van der Waals surface area contributed by atoms with E-state index >= 15 is 0 Å². The Morgan fingerprint density at radius 2 is 1.93 bits per heavy atom. The molecule has 1 aromatic rings. The van der Waals surface area contributed by atoms with Crippen LogP contribution in [-0.4, -0.2) is 0 Å². The summed E-state index contributed by atoms with van der Waals surface area (Å²) >= 11 is 0. The number of benzene rings is 1. The minimum atomic E-state index is 0.795. The molecule has 0 aromatic heterocycles. The van der Waals surface area contributed by atoms with Crippen molar-refractivity contribution in [2.45, 2.75) is 32.6 Å². The highest BCUT2D eigenvalue weighted by atomic mass is 14.2. The second kappa shape index (κ2) is 4.45. The van der Waals surface area contributed by atoms with E-state index in [9.17, 15) is 0 Å². The number of hydrogen-bond donors (Lipinski definition) is 0. The lowest BCUT2D eigenvalue weighted by atomic mass is 9.84. The lowest BCUT2D eigenvalue weighted by molar-refractivity contribution is 0.487. The Hall–Kier alpha value is -1.04. The summed E-state index contributed by atoms with van der Waals surface area (Å²) in [7, 11) is 0. The van der Waals surface area contributed by atoms with Gasteiger partial charge in [-0.1, -0.05) is 55.3 Å². The summed E-state index contributed by atoms with van der Waals surface area (Å²) in [6.07, 6.45) is 7.84. The monoisotopic (exact) mass is 186 g/mol. The minimum absolute atomic E-state index is 0.795. The highest BCUT2D eigenvalue weighted by Crippen LogP contribution is 2.30. The van der Waals surface area contributed by atoms with Crippen molar-refractivity contribution in [3.63, 3.8) is 0 Å². The van der Waals surface area contributed by atoms with Crippen molar-refractivity contribution in [3.8, 4) is 0 Å². The molecule has 1 aliphatic carbocycles. The molecule has 0 saturated heterocycles. The zero-order valence-electron chi connectivity index (χ0n) is 8.87. The van der Waals surface area contributed by atoms with Gasteiger partial charge >= 0.3 is 0 Å². The molecule has 74 valence electrons. The van der Waals surface area contributed by atoms with E-state index in [4.69, 9.17) is 0 Å². The first-order chi connectivity index (χ1) is 6.86. The van der Waals surface area contributed by atoms with Crippen molar-refractivity contribution >= 4 is 6.08 Å². The van der Waals surface area contributed by atoms with E-state index in [-0.39, 0.29) is 0 Å². The second-order valence-electron chi connectivity index (χ2n) is 4.28. The summed E-state index contributed by atoms with van der Waals surface area (Å²) in [5, 5.41) is 0. The van der Waals surface area contributed by atoms with Crippen LogP contribution in [0.2, 0.25) is 0 Å². The van der Waals surface area contributed by atoms with Gasteiger partial charge in [0.15, 0.2) is 0 Å². The molecular formula is C14H18. The summed E-state index contributed by atoms with van der Waals surface area (Å²) in [5.41, 5.74) is 3.00. The van der Waals surface area contributed by atoms with Crippen LogP contribution in [-0.2, 0) is 0 Å². The first-order valence-electron chi connectivity index (χ1n) is 5.62. The molecule has 1 saturated carbocycles. The van der Waals surface area contributed by atoms with Crippen molar-refractivity contribution in [1.82, 2.24) is 0 Å². The molecule has 0 bridgehead atoms. The van der Waals surface area contributed by atoms with Gasteiger partial charge in [-0.3, -0.25) is 0 Å². The molecule has 1 aliphatic rings. The highest BCUT2D eigenvalue weighted by Gasteiger charge is 2.13. The third-order valence-corrected chi connectivity index (χ3v) is 3.14. The molecule has 0 aliphatic heterocycles. The zero-order chi connectivity index (χ0) is 9.80. The topological polar surface area (TPSA) is 0 Å². The molecule has 1 unspecified atom stereocenters. The second-order valence-corrected chi connectivity index (χ2v) is 4.28. The van der Waals surface area contributed by atoms with Gasteiger partial charge in [-0.25, -0.2) is 0 Å². The Kier molecular flexibility index (Phi) is 3.03. The Bertz CT molecular complexity index is 308. The molecule has 0 heteroatoms. The normalized spacial score (nSPS) is 25.2. The third kappa shape index (κ3) is 2.25. The van der Waals surface area contributed by atoms with Gasteiger partial charge in [-0.2, -0.15) is 0 Å². The van der Waals surface area contributed by atoms with Gasteiger partial charge in [0.1, 0.15) is 0 Å². The Balaban J connectivity index is 2.17. The minimum Gasteiger partial charge on any atom is -0.0668 e. The Labute approximate surface area is 86.7 Å². The van der Waals surface area contributed by atoms with E-state index in [0.717, 1.165) is 5.92 Å². The molecule has 0 heterocycles. The van der Waals surface area contributed by atoms with Crippen molar-refractivity contribution in [2.75, 3.05) is 0 Å². The fraction of sp³-hybridized carbons (Fsp3) is 0.429. The lowest BCUT2D eigenvalue weighted by Crippen LogP contribution is -2.05. The lowest BCUT2D eigenvalue weighted by Gasteiger charge is -2.21. The number of allylic oxidation sites excluding steroid dienone is 1. The third-order valence-electron chi connectivity index (χ3n) is 3.14. The van der Waals surface area contributed by atoms with Crippen LogP contribution >= 0.6 is 0 Å². The molecule has 0 N–H and O–H groups in total. The Morgan fingerprint density at radius 1 is 1.14 bits per heavy atom. The predicted molar refractivity (Wildman–Crippen MR) is 62.1 cm³/mol. The van der Waals surface area contributed by atoms with Crippen LogP contribution in [0.3, 0.4) is 0 Å². The van der Waals surface area contributed by atoms with Crippen molar-refractivity contribution < 1.29 is 0 Å². The van der Waals surface area contributed by atoms with Gasteiger partial charge in [0, 0.05) is 0 Å². The molecule has 14 heavy (non-hydrogen) atoms. The predicted octanol–water partition coefficient (Wildman–Crippen LogP) is 4.28. The number of rotatable bonds is 1. The summed E-state index contributed by atoms with van der Waals surface area (Å²) in [6, 6.07) is 10.7. The molecular weight excluding hydrogens is 168 g/mol. The highest BCUT2D eigenvalue weighted by molar-refractivity contribution is 5.53. The fourth-order valence-corrected chi connectivity index (χ4v) is 2.19. The fourth-order valence-electron chi connectivity index (χ4n) is 2.19. The average Bonchev–Trinajstić information content (AvgIpc) is 2.23. The quantitative estimate of drug-likeness (QED) is 0.614. The van der Waals surface area contributed by atoms with Gasteiger partial charge in [0.05, 0.1) is 0 Å². The van der Waals surface area contributed by atoms with Crippen LogP contribution in [0.15, 0.2) is 35.9 Å². The molecule has 0 nitrogen and oxygen atoms in total. The van der Waals surface area contributed by atoms with Crippen LogP contribution in [0.25, 0.3) is 6.08 Å². The molecule has 2 rings (SSSR count). The molecule has 0 spiro atoms. The van der Waals surface area contributed by atoms with Crippen LogP contribution in [0.1, 0.15) is 38.2 Å². The maximum atomic E-state index is 2.38. The number of hydrogen-bond acceptors (Lipinski definition) is 0. The largest absolute Gasteiger partial charge is 0.0668 e. The van der Waals surface area contributed by atoms with E-state index in [1.807, 2.05) is 0 Å². The van der Waals surface area contributed by atoms with Gasteiger partial charge in [-0.15, -0.1) is 0 Å². The van der Waals surface area contributed by atoms with E-state index in [1.54, 1.807) is 5.57 Å². The van der Waals surface area contributed by atoms with E-state index in [2.05, 4.69) is 43.3 Å².